The Morgan fingerprint density at radius 1 is 1.33 bits per heavy atom. The largest absolute Gasteiger partial charge is 0.375 e. The maximum atomic E-state index is 11.3. The number of benzene rings is 1. The summed E-state index contributed by atoms with van der Waals surface area (Å²) in [4.78, 5) is 11.3. The second kappa shape index (κ2) is 5.70. The Bertz CT molecular complexity index is 537. The van der Waals surface area contributed by atoms with Gasteiger partial charge in [0.15, 0.2) is 0 Å². The summed E-state index contributed by atoms with van der Waals surface area (Å²) in [6, 6.07) is 7.99. The predicted molar refractivity (Wildman–Crippen MR) is 70.6 cm³/mol. The zero-order valence-corrected chi connectivity index (χ0v) is 11.0. The molecule has 0 saturated carbocycles. The number of ether oxygens (including phenoxy) is 1. The minimum atomic E-state index is -0.232. The van der Waals surface area contributed by atoms with Crippen molar-refractivity contribution in [2.24, 2.45) is 0 Å². The highest BCUT2D eigenvalue weighted by molar-refractivity contribution is 7.18. The van der Waals surface area contributed by atoms with E-state index < -0.39 is 0 Å². The van der Waals surface area contributed by atoms with Crippen LogP contribution in [-0.4, -0.2) is 29.8 Å². The van der Waals surface area contributed by atoms with Crippen LogP contribution in [-0.2, 0) is 9.53 Å². The van der Waals surface area contributed by atoms with Gasteiger partial charge in [0.2, 0.25) is 5.13 Å². The first kappa shape index (κ1) is 12.7. The van der Waals surface area contributed by atoms with Crippen LogP contribution in [0, 0.1) is 6.92 Å². The van der Waals surface area contributed by atoms with Crippen LogP contribution in [0.4, 0.5) is 5.13 Å². The SMILES string of the molecule is COCC(=O)Nc1nnc(-c2ccc(C)cc2)s1. The number of aromatic nitrogens is 2. The van der Waals surface area contributed by atoms with E-state index in [-0.39, 0.29) is 12.5 Å². The van der Waals surface area contributed by atoms with Crippen LogP contribution >= 0.6 is 11.3 Å². The summed E-state index contributed by atoms with van der Waals surface area (Å²) in [6.45, 7) is 2.04. The number of rotatable bonds is 4. The number of hydrogen-bond donors (Lipinski definition) is 1. The average molecular weight is 263 g/mol. The Balaban J connectivity index is 2.10. The highest BCUT2D eigenvalue weighted by Gasteiger charge is 2.09. The molecule has 0 radical (unpaired) electrons. The van der Waals surface area contributed by atoms with Crippen molar-refractivity contribution >= 4 is 22.4 Å². The molecule has 18 heavy (non-hydrogen) atoms. The Hall–Kier alpha value is -1.79. The molecule has 2 aromatic rings. The van der Waals surface area contributed by atoms with Crippen molar-refractivity contribution in [2.45, 2.75) is 6.92 Å². The predicted octanol–water partition coefficient (Wildman–Crippen LogP) is 2.10. The number of hydrogen-bond acceptors (Lipinski definition) is 5. The lowest BCUT2D eigenvalue weighted by Crippen LogP contribution is -2.16. The second-order valence-corrected chi connectivity index (χ2v) is 4.74. The van der Waals surface area contributed by atoms with Crippen LogP contribution in [0.15, 0.2) is 24.3 Å². The number of carbonyl (C=O) groups excluding carboxylic acids is 1. The van der Waals surface area contributed by atoms with E-state index in [1.807, 2.05) is 31.2 Å². The molecule has 0 fully saturated rings. The summed E-state index contributed by atoms with van der Waals surface area (Å²) in [6.07, 6.45) is 0. The molecule has 0 unspecified atom stereocenters. The van der Waals surface area contributed by atoms with Gasteiger partial charge >= 0.3 is 0 Å². The number of nitrogens with zero attached hydrogens (tertiary/aromatic N) is 2. The van der Waals surface area contributed by atoms with Gasteiger partial charge in [-0.2, -0.15) is 0 Å². The topological polar surface area (TPSA) is 64.1 Å². The van der Waals surface area contributed by atoms with Gasteiger partial charge in [0.1, 0.15) is 11.6 Å². The monoisotopic (exact) mass is 263 g/mol. The van der Waals surface area contributed by atoms with Crippen LogP contribution < -0.4 is 5.32 Å². The molecule has 0 aliphatic rings. The van der Waals surface area contributed by atoms with Crippen LogP contribution in [0.5, 0.6) is 0 Å². The van der Waals surface area contributed by atoms with E-state index in [2.05, 4.69) is 15.5 Å². The third-order valence-corrected chi connectivity index (χ3v) is 3.13. The number of carbonyl (C=O) groups is 1. The third kappa shape index (κ3) is 3.12. The fraction of sp³-hybridized carbons (Fsp3) is 0.250. The van der Waals surface area contributed by atoms with Gasteiger partial charge in [0.25, 0.3) is 5.91 Å². The smallest absolute Gasteiger partial charge is 0.252 e. The molecule has 1 amide bonds. The lowest BCUT2D eigenvalue weighted by Gasteiger charge is -1.98. The van der Waals surface area contributed by atoms with Crippen LogP contribution in [0.3, 0.4) is 0 Å². The van der Waals surface area contributed by atoms with Gasteiger partial charge in [-0.3, -0.25) is 10.1 Å². The van der Waals surface area contributed by atoms with E-state index >= 15 is 0 Å². The standard InChI is InChI=1S/C12H13N3O2S/c1-8-3-5-9(6-4-8)11-14-15-12(18-11)13-10(16)7-17-2/h3-6H,7H2,1-2H3,(H,13,15,16). The molecule has 0 aliphatic heterocycles. The fourth-order valence-electron chi connectivity index (χ4n) is 1.37. The molecule has 1 heterocycles. The van der Waals surface area contributed by atoms with Gasteiger partial charge in [0.05, 0.1) is 0 Å². The van der Waals surface area contributed by atoms with Crippen LogP contribution in [0.25, 0.3) is 10.6 Å². The maximum absolute atomic E-state index is 11.3. The van der Waals surface area contributed by atoms with Crippen molar-refractivity contribution in [3.05, 3.63) is 29.8 Å². The molecule has 0 saturated heterocycles. The Kier molecular flexibility index (Phi) is 4.01. The van der Waals surface area contributed by atoms with E-state index in [1.165, 1.54) is 24.0 Å². The molecule has 1 aromatic carbocycles. The van der Waals surface area contributed by atoms with Gasteiger partial charge in [-0.15, -0.1) is 10.2 Å². The third-order valence-electron chi connectivity index (χ3n) is 2.25. The van der Waals surface area contributed by atoms with E-state index in [9.17, 15) is 4.79 Å². The van der Waals surface area contributed by atoms with E-state index in [4.69, 9.17) is 4.74 Å². The minimum absolute atomic E-state index is 0.0133. The summed E-state index contributed by atoms with van der Waals surface area (Å²) in [5, 5.41) is 11.8. The second-order valence-electron chi connectivity index (χ2n) is 3.76. The number of amides is 1. The molecule has 1 N–H and O–H groups in total. The quantitative estimate of drug-likeness (QED) is 0.917. The van der Waals surface area contributed by atoms with Crippen molar-refractivity contribution in [1.82, 2.24) is 10.2 Å². The van der Waals surface area contributed by atoms with Gasteiger partial charge in [-0.25, -0.2) is 0 Å². The molecule has 2 rings (SSSR count). The summed E-state index contributed by atoms with van der Waals surface area (Å²) >= 11 is 1.34. The zero-order valence-electron chi connectivity index (χ0n) is 10.1. The maximum Gasteiger partial charge on any atom is 0.252 e. The van der Waals surface area contributed by atoms with E-state index in [0.29, 0.717) is 5.13 Å². The molecular formula is C12H13N3O2S. The molecule has 0 atom stereocenters. The van der Waals surface area contributed by atoms with Crippen LogP contribution in [0.1, 0.15) is 5.56 Å². The lowest BCUT2D eigenvalue weighted by atomic mass is 10.2. The van der Waals surface area contributed by atoms with Crippen molar-refractivity contribution in [3.63, 3.8) is 0 Å². The van der Waals surface area contributed by atoms with Crippen molar-refractivity contribution < 1.29 is 9.53 Å². The Morgan fingerprint density at radius 3 is 2.72 bits per heavy atom. The number of anilines is 1. The Labute approximate surface area is 109 Å². The van der Waals surface area contributed by atoms with Gasteiger partial charge in [-0.1, -0.05) is 41.2 Å². The average Bonchev–Trinajstić information content (AvgIpc) is 2.78. The minimum Gasteiger partial charge on any atom is -0.375 e. The first-order chi connectivity index (χ1) is 8.69. The van der Waals surface area contributed by atoms with Gasteiger partial charge in [-0.05, 0) is 6.92 Å². The molecule has 0 aliphatic carbocycles. The summed E-state index contributed by atoms with van der Waals surface area (Å²) in [7, 11) is 1.47. The molecule has 5 nitrogen and oxygen atoms in total. The molecule has 94 valence electrons. The van der Waals surface area contributed by atoms with E-state index in [0.717, 1.165) is 10.6 Å². The summed E-state index contributed by atoms with van der Waals surface area (Å²) in [5.41, 5.74) is 2.18. The molecule has 0 bridgehead atoms. The number of nitrogens with one attached hydrogen (secondary N) is 1. The normalized spacial score (nSPS) is 10.3. The van der Waals surface area contributed by atoms with E-state index in [1.54, 1.807) is 0 Å². The highest BCUT2D eigenvalue weighted by atomic mass is 32.1. The Morgan fingerprint density at radius 2 is 2.06 bits per heavy atom. The van der Waals surface area contributed by atoms with Crippen LogP contribution in [0.2, 0.25) is 0 Å². The van der Waals surface area contributed by atoms with Crippen molar-refractivity contribution in [2.75, 3.05) is 19.0 Å². The van der Waals surface area contributed by atoms with Crippen molar-refractivity contribution in [3.8, 4) is 10.6 Å². The van der Waals surface area contributed by atoms with Gasteiger partial charge < -0.3 is 4.74 Å². The molecule has 6 heteroatoms. The first-order valence-electron chi connectivity index (χ1n) is 5.38. The van der Waals surface area contributed by atoms with Gasteiger partial charge in [0, 0.05) is 12.7 Å². The first-order valence-corrected chi connectivity index (χ1v) is 6.20. The lowest BCUT2D eigenvalue weighted by molar-refractivity contribution is -0.119. The zero-order chi connectivity index (χ0) is 13.0. The highest BCUT2D eigenvalue weighted by Crippen LogP contribution is 2.26. The summed E-state index contributed by atoms with van der Waals surface area (Å²) < 4.78 is 4.72. The number of aryl methyl sites for hydroxylation is 1. The fourth-order valence-corrected chi connectivity index (χ4v) is 2.14. The summed E-state index contributed by atoms with van der Waals surface area (Å²) in [5.74, 6) is -0.232. The molecule has 0 spiro atoms. The number of methoxy groups -OCH3 is 1. The molecular weight excluding hydrogens is 250 g/mol. The van der Waals surface area contributed by atoms with Crippen molar-refractivity contribution in [1.29, 1.82) is 0 Å². The molecule has 1 aromatic heterocycles.